The largest absolute Gasteiger partial charge is 0.0840 e. The highest BCUT2D eigenvalue weighted by molar-refractivity contribution is 5.27. The predicted octanol–water partition coefficient (Wildman–Crippen LogP) is 4.46. The van der Waals surface area contributed by atoms with Gasteiger partial charge in [-0.2, -0.15) is 0 Å². The van der Waals surface area contributed by atoms with Crippen molar-refractivity contribution in [1.82, 2.24) is 0 Å². The summed E-state index contributed by atoms with van der Waals surface area (Å²) in [6.07, 6.45) is 10.5. The molecule has 1 unspecified atom stereocenters. The lowest BCUT2D eigenvalue weighted by Gasteiger charge is -2.14. The van der Waals surface area contributed by atoms with Crippen LogP contribution in [0.15, 0.2) is 54.1 Å². The van der Waals surface area contributed by atoms with Crippen LogP contribution in [0.4, 0.5) is 0 Å². The van der Waals surface area contributed by atoms with Crippen molar-refractivity contribution in [3.63, 3.8) is 0 Å². The monoisotopic (exact) mass is 198 g/mol. The molecule has 1 aromatic carbocycles. The first-order valence-corrected chi connectivity index (χ1v) is 5.77. The molecule has 0 aromatic heterocycles. The summed E-state index contributed by atoms with van der Waals surface area (Å²) in [4.78, 5) is 0. The molecule has 0 heterocycles. The van der Waals surface area contributed by atoms with Crippen LogP contribution in [0.2, 0.25) is 0 Å². The fourth-order valence-electron chi connectivity index (χ4n) is 2.07. The minimum Gasteiger partial charge on any atom is -0.0840 e. The Balaban J connectivity index is 2.01. The van der Waals surface area contributed by atoms with Gasteiger partial charge in [0.05, 0.1) is 0 Å². The zero-order valence-corrected chi connectivity index (χ0v) is 9.32. The highest BCUT2D eigenvalue weighted by Crippen LogP contribution is 2.25. The van der Waals surface area contributed by atoms with Crippen LogP contribution in [0.3, 0.4) is 0 Å². The Kier molecular flexibility index (Phi) is 3.39. The summed E-state index contributed by atoms with van der Waals surface area (Å²) in [5, 5.41) is 0. The molecule has 1 atom stereocenters. The molecule has 0 spiro atoms. The van der Waals surface area contributed by atoms with E-state index in [1.165, 1.54) is 30.4 Å². The van der Waals surface area contributed by atoms with Crippen molar-refractivity contribution in [2.45, 2.75) is 32.1 Å². The first kappa shape index (κ1) is 10.2. The van der Waals surface area contributed by atoms with E-state index >= 15 is 0 Å². The van der Waals surface area contributed by atoms with Gasteiger partial charge in [-0.3, -0.25) is 0 Å². The summed E-state index contributed by atoms with van der Waals surface area (Å²) in [6, 6.07) is 10.8. The maximum Gasteiger partial charge on any atom is -0.0150 e. The highest BCUT2D eigenvalue weighted by atomic mass is 14.1. The van der Waals surface area contributed by atoms with Crippen molar-refractivity contribution in [3.8, 4) is 0 Å². The summed E-state index contributed by atoms with van der Waals surface area (Å²) in [5.41, 5.74) is 2.94. The zero-order chi connectivity index (χ0) is 10.5. The average molecular weight is 198 g/mol. The van der Waals surface area contributed by atoms with Crippen LogP contribution in [0.25, 0.3) is 0 Å². The maximum atomic E-state index is 2.37. The molecule has 1 aliphatic carbocycles. The molecule has 0 aliphatic heterocycles. The van der Waals surface area contributed by atoms with E-state index in [0.29, 0.717) is 5.92 Å². The molecular formula is C15H18. The van der Waals surface area contributed by atoms with Gasteiger partial charge in [0.25, 0.3) is 0 Å². The van der Waals surface area contributed by atoms with Gasteiger partial charge in [-0.05, 0) is 30.7 Å². The lowest BCUT2D eigenvalue weighted by atomic mass is 9.91. The van der Waals surface area contributed by atoms with Crippen LogP contribution >= 0.6 is 0 Å². The lowest BCUT2D eigenvalue weighted by molar-refractivity contribution is 0.754. The fraction of sp³-hybridized carbons (Fsp3) is 0.333. The first-order valence-electron chi connectivity index (χ1n) is 5.77. The Morgan fingerprint density at radius 2 is 1.93 bits per heavy atom. The number of benzene rings is 1. The maximum absolute atomic E-state index is 2.37. The average Bonchev–Trinajstić information content (AvgIpc) is 2.31. The Morgan fingerprint density at radius 3 is 2.60 bits per heavy atom. The van der Waals surface area contributed by atoms with E-state index in [-0.39, 0.29) is 0 Å². The van der Waals surface area contributed by atoms with Crippen molar-refractivity contribution in [3.05, 3.63) is 59.7 Å². The van der Waals surface area contributed by atoms with Gasteiger partial charge in [0.15, 0.2) is 0 Å². The van der Waals surface area contributed by atoms with Crippen LogP contribution in [0, 0.1) is 0 Å². The van der Waals surface area contributed by atoms with Crippen LogP contribution in [0.5, 0.6) is 0 Å². The molecule has 0 bridgehead atoms. The minimum atomic E-state index is 0.625. The van der Waals surface area contributed by atoms with Crippen molar-refractivity contribution in [1.29, 1.82) is 0 Å². The van der Waals surface area contributed by atoms with Gasteiger partial charge in [0, 0.05) is 0 Å². The highest BCUT2D eigenvalue weighted by Gasteiger charge is 2.07. The molecule has 0 heteroatoms. The predicted molar refractivity (Wildman–Crippen MR) is 65.9 cm³/mol. The van der Waals surface area contributed by atoms with Gasteiger partial charge in [-0.25, -0.2) is 0 Å². The van der Waals surface area contributed by atoms with E-state index in [9.17, 15) is 0 Å². The number of hydrogen-bond donors (Lipinski definition) is 0. The second-order valence-electron chi connectivity index (χ2n) is 4.27. The van der Waals surface area contributed by atoms with E-state index in [1.807, 2.05) is 0 Å². The second kappa shape index (κ2) is 4.97. The van der Waals surface area contributed by atoms with Gasteiger partial charge in [0.2, 0.25) is 0 Å². The Labute approximate surface area is 92.3 Å². The summed E-state index contributed by atoms with van der Waals surface area (Å²) < 4.78 is 0. The van der Waals surface area contributed by atoms with Crippen LogP contribution in [-0.4, -0.2) is 0 Å². The zero-order valence-electron chi connectivity index (χ0n) is 9.32. The Bertz CT molecular complexity index is 357. The number of allylic oxidation sites excluding steroid dienone is 4. The summed E-state index contributed by atoms with van der Waals surface area (Å²) in [6.45, 7) is 2.30. The first-order chi connectivity index (χ1) is 7.36. The Hall–Kier alpha value is -1.30. The van der Waals surface area contributed by atoms with Gasteiger partial charge >= 0.3 is 0 Å². The van der Waals surface area contributed by atoms with Gasteiger partial charge in [-0.15, -0.1) is 0 Å². The van der Waals surface area contributed by atoms with Gasteiger partial charge in [0.1, 0.15) is 0 Å². The standard InChI is InChI=1S/C15H18/c1-13(15-10-6-3-7-11-15)12-14-8-4-2-5-9-14/h3-4,6-11,13H,2,5,12H2,1H3. The lowest BCUT2D eigenvalue weighted by Crippen LogP contribution is -1.96. The van der Waals surface area contributed by atoms with Crippen molar-refractivity contribution >= 4 is 0 Å². The summed E-state index contributed by atoms with van der Waals surface area (Å²) in [7, 11) is 0. The normalized spacial score (nSPS) is 17.3. The van der Waals surface area contributed by atoms with E-state index in [1.54, 1.807) is 0 Å². The van der Waals surface area contributed by atoms with E-state index in [4.69, 9.17) is 0 Å². The van der Waals surface area contributed by atoms with Crippen LogP contribution in [-0.2, 0) is 0 Å². The molecule has 0 amide bonds. The van der Waals surface area contributed by atoms with Crippen molar-refractivity contribution in [2.24, 2.45) is 0 Å². The van der Waals surface area contributed by atoms with Crippen LogP contribution < -0.4 is 0 Å². The smallest absolute Gasteiger partial charge is 0.0150 e. The number of hydrogen-bond acceptors (Lipinski definition) is 0. The van der Waals surface area contributed by atoms with Crippen molar-refractivity contribution < 1.29 is 0 Å². The summed E-state index contributed by atoms with van der Waals surface area (Å²) in [5.74, 6) is 0.625. The molecular weight excluding hydrogens is 180 g/mol. The van der Waals surface area contributed by atoms with E-state index in [2.05, 4.69) is 55.5 Å². The topological polar surface area (TPSA) is 0 Å². The molecule has 0 saturated heterocycles. The third kappa shape index (κ3) is 2.82. The molecule has 15 heavy (non-hydrogen) atoms. The molecule has 0 radical (unpaired) electrons. The molecule has 2 rings (SSSR count). The molecule has 0 saturated carbocycles. The second-order valence-corrected chi connectivity index (χ2v) is 4.27. The minimum absolute atomic E-state index is 0.625. The van der Waals surface area contributed by atoms with Gasteiger partial charge in [-0.1, -0.05) is 61.1 Å². The molecule has 78 valence electrons. The van der Waals surface area contributed by atoms with Crippen LogP contribution in [0.1, 0.15) is 37.7 Å². The molecule has 0 nitrogen and oxygen atoms in total. The third-order valence-electron chi connectivity index (χ3n) is 2.98. The third-order valence-corrected chi connectivity index (χ3v) is 2.98. The number of rotatable bonds is 3. The molecule has 1 aliphatic rings. The van der Waals surface area contributed by atoms with Crippen molar-refractivity contribution in [2.75, 3.05) is 0 Å². The quantitative estimate of drug-likeness (QED) is 0.672. The molecule has 1 aromatic rings. The van der Waals surface area contributed by atoms with E-state index < -0.39 is 0 Å². The fourth-order valence-corrected chi connectivity index (χ4v) is 2.07. The van der Waals surface area contributed by atoms with E-state index in [0.717, 1.165) is 0 Å². The Morgan fingerprint density at radius 1 is 1.13 bits per heavy atom. The SMILES string of the molecule is CC(CC1=CCCC=C1)c1ccccc1. The molecule has 0 N–H and O–H groups in total. The van der Waals surface area contributed by atoms with Gasteiger partial charge < -0.3 is 0 Å². The molecule has 0 fully saturated rings. The summed E-state index contributed by atoms with van der Waals surface area (Å²) >= 11 is 0.